The van der Waals surface area contributed by atoms with E-state index in [0.717, 1.165) is 6.07 Å². The molecule has 8 heteroatoms. The molecule has 2 aromatic rings. The number of rotatable bonds is 3. The number of nitrogens with zero attached hydrogens (tertiary/aromatic N) is 2. The zero-order valence-corrected chi connectivity index (χ0v) is 9.95. The van der Waals surface area contributed by atoms with Crippen molar-refractivity contribution in [2.24, 2.45) is 0 Å². The fourth-order valence-electron chi connectivity index (χ4n) is 1.49. The van der Waals surface area contributed by atoms with Gasteiger partial charge in [0.1, 0.15) is 5.82 Å². The van der Waals surface area contributed by atoms with Gasteiger partial charge in [0.2, 0.25) is 5.95 Å². The Hall–Kier alpha value is -2.22. The van der Waals surface area contributed by atoms with Crippen LogP contribution in [0.3, 0.4) is 0 Å². The van der Waals surface area contributed by atoms with Crippen LogP contribution in [0, 0.1) is 5.82 Å². The summed E-state index contributed by atoms with van der Waals surface area (Å²) in [5.74, 6) is -1.34. The van der Waals surface area contributed by atoms with E-state index in [2.05, 4.69) is 15.3 Å². The van der Waals surface area contributed by atoms with E-state index in [1.165, 1.54) is 12.3 Å². The van der Waals surface area contributed by atoms with Gasteiger partial charge in [0.05, 0.1) is 17.9 Å². The molecular formula is C12H9F4N3O. The number of aromatic nitrogens is 2. The first-order valence-electron chi connectivity index (χ1n) is 5.46. The van der Waals surface area contributed by atoms with Crippen LogP contribution in [0.15, 0.2) is 30.5 Å². The lowest BCUT2D eigenvalue weighted by atomic mass is 10.2. The van der Waals surface area contributed by atoms with Crippen molar-refractivity contribution >= 4 is 11.6 Å². The Kier molecular flexibility index (Phi) is 3.84. The molecule has 0 amide bonds. The van der Waals surface area contributed by atoms with Gasteiger partial charge in [-0.15, -0.1) is 0 Å². The smallest absolute Gasteiger partial charge is 0.390 e. The quantitative estimate of drug-likeness (QED) is 0.852. The Labute approximate surface area is 111 Å². The molecule has 106 valence electrons. The first kappa shape index (κ1) is 14.2. The topological polar surface area (TPSA) is 58.0 Å². The number of aliphatic hydroxyl groups is 1. The number of anilines is 2. The second-order valence-corrected chi connectivity index (χ2v) is 3.85. The van der Waals surface area contributed by atoms with Crippen molar-refractivity contribution in [3.63, 3.8) is 0 Å². The van der Waals surface area contributed by atoms with Crippen molar-refractivity contribution in [1.29, 1.82) is 0 Å². The Morgan fingerprint density at radius 2 is 1.95 bits per heavy atom. The van der Waals surface area contributed by atoms with Crippen LogP contribution in [-0.2, 0) is 12.8 Å². The molecule has 0 spiro atoms. The molecule has 0 radical (unpaired) electrons. The van der Waals surface area contributed by atoms with Crippen molar-refractivity contribution in [2.45, 2.75) is 12.8 Å². The van der Waals surface area contributed by atoms with Gasteiger partial charge in [-0.25, -0.2) is 14.4 Å². The third kappa shape index (κ3) is 3.21. The van der Waals surface area contributed by atoms with Crippen molar-refractivity contribution in [3.8, 4) is 0 Å². The number of hydrogen-bond acceptors (Lipinski definition) is 4. The van der Waals surface area contributed by atoms with E-state index in [9.17, 15) is 17.6 Å². The second kappa shape index (κ2) is 5.41. The normalized spacial score (nSPS) is 11.4. The Balaban J connectivity index is 2.30. The summed E-state index contributed by atoms with van der Waals surface area (Å²) in [6, 6.07) is 3.93. The number of aliphatic hydroxyl groups excluding tert-OH is 1. The molecule has 1 heterocycles. The molecule has 20 heavy (non-hydrogen) atoms. The van der Waals surface area contributed by atoms with E-state index in [0.29, 0.717) is 17.8 Å². The first-order chi connectivity index (χ1) is 9.40. The highest BCUT2D eigenvalue weighted by atomic mass is 19.4. The number of hydrogen-bond donors (Lipinski definition) is 2. The molecule has 0 saturated carbocycles. The molecule has 1 aromatic heterocycles. The van der Waals surface area contributed by atoms with Crippen LogP contribution in [0.1, 0.15) is 11.3 Å². The van der Waals surface area contributed by atoms with Crippen LogP contribution in [0.4, 0.5) is 29.2 Å². The molecule has 0 aliphatic heterocycles. The minimum atomic E-state index is -4.78. The van der Waals surface area contributed by atoms with Crippen molar-refractivity contribution in [2.75, 3.05) is 5.32 Å². The highest BCUT2D eigenvalue weighted by molar-refractivity contribution is 5.55. The molecule has 0 aliphatic carbocycles. The molecule has 0 unspecified atom stereocenters. The lowest BCUT2D eigenvalue weighted by Crippen LogP contribution is -2.09. The molecule has 0 atom stereocenters. The minimum absolute atomic E-state index is 0.00573. The van der Waals surface area contributed by atoms with Gasteiger partial charge in [-0.1, -0.05) is 0 Å². The minimum Gasteiger partial charge on any atom is -0.390 e. The third-order valence-electron chi connectivity index (χ3n) is 2.40. The van der Waals surface area contributed by atoms with E-state index in [4.69, 9.17) is 5.11 Å². The Morgan fingerprint density at radius 1 is 1.20 bits per heavy atom. The maximum Gasteiger partial charge on any atom is 0.419 e. The first-order valence-corrected chi connectivity index (χ1v) is 5.46. The summed E-state index contributed by atoms with van der Waals surface area (Å²) in [6.45, 7) is -0.325. The molecule has 4 nitrogen and oxygen atoms in total. The van der Waals surface area contributed by atoms with Gasteiger partial charge in [0.15, 0.2) is 0 Å². The van der Waals surface area contributed by atoms with Gasteiger partial charge in [0, 0.05) is 11.9 Å². The molecule has 0 bridgehead atoms. The van der Waals surface area contributed by atoms with E-state index < -0.39 is 17.6 Å². The largest absolute Gasteiger partial charge is 0.419 e. The summed E-state index contributed by atoms with van der Waals surface area (Å²) in [5, 5.41) is 11.4. The summed E-state index contributed by atoms with van der Waals surface area (Å²) in [6.07, 6.45) is -3.44. The number of benzene rings is 1. The predicted octanol–water partition coefficient (Wildman–Crippen LogP) is 2.87. The number of halogens is 4. The predicted molar refractivity (Wildman–Crippen MR) is 62.6 cm³/mol. The van der Waals surface area contributed by atoms with Crippen molar-refractivity contribution in [1.82, 2.24) is 9.97 Å². The number of alkyl halides is 3. The summed E-state index contributed by atoms with van der Waals surface area (Å²) in [4.78, 5) is 7.64. The molecule has 0 fully saturated rings. The van der Waals surface area contributed by atoms with Crippen LogP contribution in [0.25, 0.3) is 0 Å². The highest BCUT2D eigenvalue weighted by Gasteiger charge is 2.34. The van der Waals surface area contributed by atoms with Gasteiger partial charge in [0.25, 0.3) is 0 Å². The number of nitrogens with one attached hydrogen (secondary N) is 1. The van der Waals surface area contributed by atoms with Crippen molar-refractivity contribution < 1.29 is 22.7 Å². The zero-order chi connectivity index (χ0) is 14.8. The van der Waals surface area contributed by atoms with Crippen LogP contribution < -0.4 is 5.32 Å². The summed E-state index contributed by atoms with van der Waals surface area (Å²) < 4.78 is 50.8. The monoisotopic (exact) mass is 287 g/mol. The fourth-order valence-corrected chi connectivity index (χ4v) is 1.49. The van der Waals surface area contributed by atoms with E-state index in [-0.39, 0.29) is 18.2 Å². The molecule has 1 aromatic carbocycles. The maximum absolute atomic E-state index is 13.1. The van der Waals surface area contributed by atoms with Crippen molar-refractivity contribution in [3.05, 3.63) is 47.5 Å². The summed E-state index contributed by atoms with van der Waals surface area (Å²) >= 11 is 0. The van der Waals surface area contributed by atoms with Gasteiger partial charge in [-0.2, -0.15) is 13.2 Å². The van der Waals surface area contributed by atoms with E-state index in [1.54, 1.807) is 0 Å². The Morgan fingerprint density at radius 3 is 2.60 bits per heavy atom. The second-order valence-electron chi connectivity index (χ2n) is 3.85. The zero-order valence-electron chi connectivity index (χ0n) is 9.95. The van der Waals surface area contributed by atoms with Gasteiger partial charge >= 0.3 is 6.18 Å². The van der Waals surface area contributed by atoms with Crippen LogP contribution in [0.2, 0.25) is 0 Å². The summed E-state index contributed by atoms with van der Waals surface area (Å²) in [5.41, 5.74) is -1.07. The summed E-state index contributed by atoms with van der Waals surface area (Å²) in [7, 11) is 0. The molecule has 2 rings (SSSR count). The Bertz CT molecular complexity index is 616. The molecule has 0 aliphatic rings. The average molecular weight is 287 g/mol. The highest BCUT2D eigenvalue weighted by Crippen LogP contribution is 2.33. The average Bonchev–Trinajstić information content (AvgIpc) is 2.40. The van der Waals surface area contributed by atoms with Gasteiger partial charge in [-0.05, 0) is 24.3 Å². The van der Waals surface area contributed by atoms with Crippen LogP contribution in [-0.4, -0.2) is 15.1 Å². The SMILES string of the molecule is OCc1ccnc(Nc2ccc(F)c(C(F)(F)F)c2)n1. The molecular weight excluding hydrogens is 278 g/mol. The maximum atomic E-state index is 13.1. The lowest BCUT2D eigenvalue weighted by molar-refractivity contribution is -0.139. The van der Waals surface area contributed by atoms with Gasteiger partial charge < -0.3 is 10.4 Å². The lowest BCUT2D eigenvalue weighted by Gasteiger charge is -2.11. The fraction of sp³-hybridized carbons (Fsp3) is 0.167. The van der Waals surface area contributed by atoms with Gasteiger partial charge in [-0.3, -0.25) is 0 Å². The van der Waals surface area contributed by atoms with Crippen LogP contribution in [0.5, 0.6) is 0 Å². The van der Waals surface area contributed by atoms with E-state index in [1.807, 2.05) is 0 Å². The third-order valence-corrected chi connectivity index (χ3v) is 2.40. The molecule has 2 N–H and O–H groups in total. The van der Waals surface area contributed by atoms with E-state index >= 15 is 0 Å². The molecule has 0 saturated heterocycles. The van der Waals surface area contributed by atoms with Crippen LogP contribution >= 0.6 is 0 Å². The standard InChI is InChI=1S/C12H9F4N3O/c13-10-2-1-7(5-9(10)12(14,15)16)18-11-17-4-3-8(6-20)19-11/h1-5,20H,6H2,(H,17,18,19).